The molecule has 1 amide bonds. The highest BCUT2D eigenvalue weighted by molar-refractivity contribution is 6.30. The lowest BCUT2D eigenvalue weighted by Gasteiger charge is -2.39. The van der Waals surface area contributed by atoms with Crippen molar-refractivity contribution < 1.29 is 4.79 Å². The van der Waals surface area contributed by atoms with Crippen molar-refractivity contribution in [1.82, 2.24) is 14.7 Å². The Kier molecular flexibility index (Phi) is 3.97. The van der Waals surface area contributed by atoms with Crippen LogP contribution in [-0.2, 0) is 24.7 Å². The van der Waals surface area contributed by atoms with E-state index in [1.807, 2.05) is 53.3 Å². The Hall–Kier alpha value is -1.81. The van der Waals surface area contributed by atoms with Gasteiger partial charge in [-0.2, -0.15) is 5.10 Å². The van der Waals surface area contributed by atoms with E-state index in [1.165, 1.54) is 5.56 Å². The molecule has 1 aliphatic heterocycles. The van der Waals surface area contributed by atoms with Crippen LogP contribution in [0.25, 0.3) is 0 Å². The van der Waals surface area contributed by atoms with Gasteiger partial charge < -0.3 is 4.90 Å². The Balaban J connectivity index is 1.47. The van der Waals surface area contributed by atoms with E-state index in [9.17, 15) is 4.79 Å². The number of benzene rings is 1. The van der Waals surface area contributed by atoms with Gasteiger partial charge in [0, 0.05) is 31.4 Å². The lowest BCUT2D eigenvalue weighted by molar-refractivity contribution is -0.136. The monoisotopic (exact) mass is 303 g/mol. The van der Waals surface area contributed by atoms with Crippen LogP contribution in [0.15, 0.2) is 36.7 Å². The Morgan fingerprint density at radius 1 is 1.29 bits per heavy atom. The molecule has 5 heteroatoms. The molecule has 0 aliphatic carbocycles. The van der Waals surface area contributed by atoms with Gasteiger partial charge in [-0.25, -0.2) is 0 Å². The van der Waals surface area contributed by atoms with Crippen molar-refractivity contribution in [3.05, 3.63) is 52.8 Å². The standard InChI is InChI=1S/C16H18ClN3O/c1-19-9-13(8-18-19)6-14-10-20(11-14)16(21)7-12-2-4-15(17)5-3-12/h2-5,8-9,14H,6-7,10-11H2,1H3. The first-order chi connectivity index (χ1) is 10.1. The van der Waals surface area contributed by atoms with Crippen molar-refractivity contribution in [2.75, 3.05) is 13.1 Å². The van der Waals surface area contributed by atoms with Crippen LogP contribution < -0.4 is 0 Å². The summed E-state index contributed by atoms with van der Waals surface area (Å²) in [6, 6.07) is 7.47. The third-order valence-electron chi connectivity index (χ3n) is 3.86. The maximum absolute atomic E-state index is 12.2. The second kappa shape index (κ2) is 5.90. The topological polar surface area (TPSA) is 38.1 Å². The molecule has 2 aromatic rings. The minimum Gasteiger partial charge on any atom is -0.342 e. The predicted molar refractivity (Wildman–Crippen MR) is 82.1 cm³/mol. The number of aromatic nitrogens is 2. The summed E-state index contributed by atoms with van der Waals surface area (Å²) in [7, 11) is 1.92. The van der Waals surface area contributed by atoms with Gasteiger partial charge in [-0.05, 0) is 35.6 Å². The number of rotatable bonds is 4. The van der Waals surface area contributed by atoms with Crippen molar-refractivity contribution >= 4 is 17.5 Å². The van der Waals surface area contributed by atoms with Gasteiger partial charge in [-0.1, -0.05) is 23.7 Å². The lowest BCUT2D eigenvalue weighted by atomic mass is 9.93. The molecule has 1 aromatic carbocycles. The van der Waals surface area contributed by atoms with E-state index in [4.69, 9.17) is 11.6 Å². The summed E-state index contributed by atoms with van der Waals surface area (Å²) in [5.41, 5.74) is 2.26. The van der Waals surface area contributed by atoms with E-state index < -0.39 is 0 Å². The summed E-state index contributed by atoms with van der Waals surface area (Å²) in [6.07, 6.45) is 5.39. The molecule has 0 bridgehead atoms. The number of carbonyl (C=O) groups is 1. The zero-order valence-electron chi connectivity index (χ0n) is 12.0. The van der Waals surface area contributed by atoms with E-state index in [-0.39, 0.29) is 5.91 Å². The van der Waals surface area contributed by atoms with E-state index in [0.29, 0.717) is 17.4 Å². The largest absolute Gasteiger partial charge is 0.342 e. The lowest BCUT2D eigenvalue weighted by Crippen LogP contribution is -2.51. The van der Waals surface area contributed by atoms with Crippen molar-refractivity contribution in [1.29, 1.82) is 0 Å². The number of aryl methyl sites for hydroxylation is 1. The first-order valence-corrected chi connectivity index (χ1v) is 7.47. The summed E-state index contributed by atoms with van der Waals surface area (Å²) < 4.78 is 1.82. The number of nitrogens with zero attached hydrogens (tertiary/aromatic N) is 3. The molecule has 1 fully saturated rings. The summed E-state index contributed by atoms with van der Waals surface area (Å²) in [5.74, 6) is 0.753. The van der Waals surface area contributed by atoms with Crippen molar-refractivity contribution in [2.24, 2.45) is 13.0 Å². The van der Waals surface area contributed by atoms with Crippen LogP contribution in [0.4, 0.5) is 0 Å². The van der Waals surface area contributed by atoms with E-state index in [0.717, 1.165) is 25.1 Å². The van der Waals surface area contributed by atoms with E-state index >= 15 is 0 Å². The molecule has 0 radical (unpaired) electrons. The highest BCUT2D eigenvalue weighted by Crippen LogP contribution is 2.21. The molecule has 3 rings (SSSR count). The minimum absolute atomic E-state index is 0.194. The highest BCUT2D eigenvalue weighted by atomic mass is 35.5. The highest BCUT2D eigenvalue weighted by Gasteiger charge is 2.30. The Morgan fingerprint density at radius 3 is 2.62 bits per heavy atom. The molecule has 0 N–H and O–H groups in total. The van der Waals surface area contributed by atoms with Crippen molar-refractivity contribution in [2.45, 2.75) is 12.8 Å². The average Bonchev–Trinajstić information content (AvgIpc) is 2.81. The number of halogens is 1. The van der Waals surface area contributed by atoms with Crippen LogP contribution in [0.5, 0.6) is 0 Å². The van der Waals surface area contributed by atoms with Gasteiger partial charge in [-0.3, -0.25) is 9.48 Å². The summed E-state index contributed by atoms with van der Waals surface area (Å²) in [5, 5.41) is 4.87. The van der Waals surface area contributed by atoms with Gasteiger partial charge in [-0.15, -0.1) is 0 Å². The first kappa shape index (κ1) is 14.1. The Labute approximate surface area is 129 Å². The molecular formula is C16H18ClN3O. The molecule has 0 saturated carbocycles. The molecule has 0 atom stereocenters. The van der Waals surface area contributed by atoms with E-state index in [1.54, 1.807) is 0 Å². The molecule has 1 saturated heterocycles. The molecule has 1 aromatic heterocycles. The smallest absolute Gasteiger partial charge is 0.227 e. The van der Waals surface area contributed by atoms with Gasteiger partial charge in [0.1, 0.15) is 0 Å². The number of hydrogen-bond donors (Lipinski definition) is 0. The van der Waals surface area contributed by atoms with Crippen molar-refractivity contribution in [3.63, 3.8) is 0 Å². The van der Waals surface area contributed by atoms with Gasteiger partial charge >= 0.3 is 0 Å². The first-order valence-electron chi connectivity index (χ1n) is 7.10. The summed E-state index contributed by atoms with van der Waals surface area (Å²) in [4.78, 5) is 14.1. The van der Waals surface area contributed by atoms with Crippen LogP contribution in [0.3, 0.4) is 0 Å². The fourth-order valence-electron chi connectivity index (χ4n) is 2.70. The normalized spacial score (nSPS) is 15.0. The van der Waals surface area contributed by atoms with Crippen LogP contribution in [0.2, 0.25) is 5.02 Å². The second-order valence-electron chi connectivity index (χ2n) is 5.69. The fourth-order valence-corrected chi connectivity index (χ4v) is 2.83. The molecular weight excluding hydrogens is 286 g/mol. The molecule has 110 valence electrons. The van der Waals surface area contributed by atoms with Gasteiger partial charge in [0.05, 0.1) is 12.6 Å². The molecule has 1 aliphatic rings. The van der Waals surface area contributed by atoms with Crippen molar-refractivity contribution in [3.8, 4) is 0 Å². The van der Waals surface area contributed by atoms with Gasteiger partial charge in [0.15, 0.2) is 0 Å². The van der Waals surface area contributed by atoms with Gasteiger partial charge in [0.2, 0.25) is 5.91 Å². The summed E-state index contributed by atoms with van der Waals surface area (Å²) in [6.45, 7) is 1.70. The number of likely N-dealkylation sites (tertiary alicyclic amines) is 1. The van der Waals surface area contributed by atoms with Crippen LogP contribution in [-0.4, -0.2) is 33.7 Å². The van der Waals surface area contributed by atoms with Crippen LogP contribution >= 0.6 is 11.6 Å². The minimum atomic E-state index is 0.194. The quantitative estimate of drug-likeness (QED) is 0.869. The molecule has 21 heavy (non-hydrogen) atoms. The molecule has 0 unspecified atom stereocenters. The number of amides is 1. The zero-order valence-corrected chi connectivity index (χ0v) is 12.8. The molecule has 4 nitrogen and oxygen atoms in total. The Bertz CT molecular complexity index is 629. The maximum atomic E-state index is 12.2. The third kappa shape index (κ3) is 3.45. The molecule has 0 spiro atoms. The summed E-state index contributed by atoms with van der Waals surface area (Å²) >= 11 is 5.84. The number of hydrogen-bond acceptors (Lipinski definition) is 2. The predicted octanol–water partition coefficient (Wildman–Crippen LogP) is 2.32. The molecule has 2 heterocycles. The number of carbonyl (C=O) groups excluding carboxylic acids is 1. The SMILES string of the molecule is Cn1cc(CC2CN(C(=O)Cc3ccc(Cl)cc3)C2)cn1. The van der Waals surface area contributed by atoms with E-state index in [2.05, 4.69) is 5.10 Å². The third-order valence-corrected chi connectivity index (χ3v) is 4.11. The fraction of sp³-hybridized carbons (Fsp3) is 0.375. The van der Waals surface area contributed by atoms with Gasteiger partial charge in [0.25, 0.3) is 0 Å². The maximum Gasteiger partial charge on any atom is 0.227 e. The zero-order chi connectivity index (χ0) is 14.8. The average molecular weight is 304 g/mol. The second-order valence-corrected chi connectivity index (χ2v) is 6.13. The Morgan fingerprint density at radius 2 is 2.00 bits per heavy atom. The van der Waals surface area contributed by atoms with Crippen LogP contribution in [0, 0.1) is 5.92 Å². The van der Waals surface area contributed by atoms with Crippen LogP contribution in [0.1, 0.15) is 11.1 Å².